The maximum atomic E-state index is 12.6. The highest BCUT2D eigenvalue weighted by Crippen LogP contribution is 2.29. The molecule has 0 radical (unpaired) electrons. The monoisotopic (exact) mass is 292 g/mol. The summed E-state index contributed by atoms with van der Waals surface area (Å²) in [5, 5.41) is 9.12. The molecule has 0 saturated carbocycles. The first-order valence-electron chi connectivity index (χ1n) is 6.05. The molecular formula is C16H11F3O2. The van der Waals surface area contributed by atoms with Crippen LogP contribution in [-0.4, -0.2) is 10.9 Å². The Morgan fingerprint density at radius 1 is 1.05 bits per heavy atom. The predicted molar refractivity (Wildman–Crippen MR) is 72.9 cm³/mol. The van der Waals surface area contributed by atoms with E-state index in [2.05, 4.69) is 0 Å². The summed E-state index contributed by atoms with van der Waals surface area (Å²) < 4.78 is 37.7. The Balaban J connectivity index is 2.17. The number of carbonyl (C=O) groups excluding carboxylic acids is 1. The highest BCUT2D eigenvalue weighted by molar-refractivity contribution is 6.06. The van der Waals surface area contributed by atoms with E-state index in [1.54, 1.807) is 0 Å². The molecule has 5 heteroatoms. The van der Waals surface area contributed by atoms with Crippen LogP contribution >= 0.6 is 0 Å². The summed E-state index contributed by atoms with van der Waals surface area (Å²) in [5.41, 5.74) is -0.130. The van der Waals surface area contributed by atoms with Gasteiger partial charge in [0, 0.05) is 5.56 Å². The Bertz CT molecular complexity index is 671. The lowest BCUT2D eigenvalue weighted by molar-refractivity contribution is -0.137. The van der Waals surface area contributed by atoms with Gasteiger partial charge in [-0.25, -0.2) is 0 Å². The molecule has 0 aromatic heterocycles. The number of allylic oxidation sites excluding steroid dienone is 1. The number of carbonyl (C=O) groups is 1. The SMILES string of the molecule is O=C(/C=C/c1cccc(C(F)(F)F)c1)c1ccc(O)cc1. The van der Waals surface area contributed by atoms with Crippen LogP contribution in [0.25, 0.3) is 6.08 Å². The van der Waals surface area contributed by atoms with E-state index >= 15 is 0 Å². The molecule has 0 atom stereocenters. The van der Waals surface area contributed by atoms with Crippen LogP contribution < -0.4 is 0 Å². The van der Waals surface area contributed by atoms with Gasteiger partial charge in [0.1, 0.15) is 5.75 Å². The average molecular weight is 292 g/mol. The molecule has 0 bridgehead atoms. The minimum atomic E-state index is -4.41. The molecular weight excluding hydrogens is 281 g/mol. The van der Waals surface area contributed by atoms with Crippen molar-refractivity contribution in [3.63, 3.8) is 0 Å². The fourth-order valence-corrected chi connectivity index (χ4v) is 1.71. The van der Waals surface area contributed by atoms with Crippen molar-refractivity contribution in [3.05, 3.63) is 71.3 Å². The number of ketones is 1. The molecule has 0 saturated heterocycles. The number of alkyl halides is 3. The molecule has 0 fully saturated rings. The summed E-state index contributed by atoms with van der Waals surface area (Å²) in [6.07, 6.45) is -1.89. The van der Waals surface area contributed by atoms with Gasteiger partial charge in [0.05, 0.1) is 5.56 Å². The van der Waals surface area contributed by atoms with Crippen LogP contribution in [0.1, 0.15) is 21.5 Å². The molecule has 2 aromatic rings. The number of phenolic OH excluding ortho intramolecular Hbond substituents is 1. The largest absolute Gasteiger partial charge is 0.508 e. The minimum Gasteiger partial charge on any atom is -0.508 e. The lowest BCUT2D eigenvalue weighted by Crippen LogP contribution is -2.04. The van der Waals surface area contributed by atoms with Crippen LogP contribution in [0.3, 0.4) is 0 Å². The van der Waals surface area contributed by atoms with Crippen molar-refractivity contribution in [2.75, 3.05) is 0 Å². The van der Waals surface area contributed by atoms with Crippen LogP contribution in [0.4, 0.5) is 13.2 Å². The van der Waals surface area contributed by atoms with E-state index in [-0.39, 0.29) is 17.1 Å². The number of hydrogen-bond donors (Lipinski definition) is 1. The summed E-state index contributed by atoms with van der Waals surface area (Å²) in [6.45, 7) is 0. The molecule has 21 heavy (non-hydrogen) atoms. The van der Waals surface area contributed by atoms with E-state index < -0.39 is 11.7 Å². The third kappa shape index (κ3) is 3.95. The van der Waals surface area contributed by atoms with Gasteiger partial charge in [-0.2, -0.15) is 13.2 Å². The summed E-state index contributed by atoms with van der Waals surface area (Å²) in [6, 6.07) is 10.3. The topological polar surface area (TPSA) is 37.3 Å². The zero-order valence-electron chi connectivity index (χ0n) is 10.8. The van der Waals surface area contributed by atoms with Gasteiger partial charge in [0.2, 0.25) is 0 Å². The number of halogens is 3. The molecule has 0 amide bonds. The lowest BCUT2D eigenvalue weighted by Gasteiger charge is -2.06. The van der Waals surface area contributed by atoms with Gasteiger partial charge in [-0.1, -0.05) is 18.2 Å². The third-order valence-corrected chi connectivity index (χ3v) is 2.79. The summed E-state index contributed by atoms with van der Waals surface area (Å²) >= 11 is 0. The summed E-state index contributed by atoms with van der Waals surface area (Å²) in [7, 11) is 0. The van der Waals surface area contributed by atoms with Crippen LogP contribution in [0.5, 0.6) is 5.75 Å². The normalized spacial score (nSPS) is 11.8. The minimum absolute atomic E-state index is 0.0356. The Hall–Kier alpha value is -2.56. The maximum Gasteiger partial charge on any atom is 0.416 e. The standard InChI is InChI=1S/C16H11F3O2/c17-16(18,19)13-3-1-2-11(10-13)4-9-15(21)12-5-7-14(20)8-6-12/h1-10,20H/b9-4+. The van der Waals surface area contributed by atoms with Gasteiger partial charge < -0.3 is 5.11 Å². The van der Waals surface area contributed by atoms with Crippen molar-refractivity contribution in [3.8, 4) is 5.75 Å². The molecule has 2 aromatic carbocycles. The van der Waals surface area contributed by atoms with Gasteiger partial charge in [-0.05, 0) is 48.0 Å². The van der Waals surface area contributed by atoms with E-state index in [0.29, 0.717) is 5.56 Å². The Morgan fingerprint density at radius 3 is 2.33 bits per heavy atom. The second-order valence-corrected chi connectivity index (χ2v) is 4.37. The van der Waals surface area contributed by atoms with E-state index in [0.717, 1.165) is 12.1 Å². The lowest BCUT2D eigenvalue weighted by atomic mass is 10.1. The predicted octanol–water partition coefficient (Wildman–Crippen LogP) is 4.31. The van der Waals surface area contributed by atoms with Crippen molar-refractivity contribution < 1.29 is 23.1 Å². The number of hydrogen-bond acceptors (Lipinski definition) is 2. The zero-order chi connectivity index (χ0) is 15.5. The molecule has 108 valence electrons. The molecule has 0 aliphatic carbocycles. The Morgan fingerprint density at radius 2 is 1.71 bits per heavy atom. The van der Waals surface area contributed by atoms with Crippen LogP contribution in [0.2, 0.25) is 0 Å². The van der Waals surface area contributed by atoms with Crippen LogP contribution in [0, 0.1) is 0 Å². The molecule has 2 rings (SSSR count). The maximum absolute atomic E-state index is 12.6. The smallest absolute Gasteiger partial charge is 0.416 e. The number of aromatic hydroxyl groups is 1. The Labute approximate surface area is 119 Å². The number of benzene rings is 2. The number of rotatable bonds is 3. The van der Waals surface area contributed by atoms with Gasteiger partial charge in [-0.15, -0.1) is 0 Å². The molecule has 2 nitrogen and oxygen atoms in total. The fraction of sp³-hybridized carbons (Fsp3) is 0.0625. The first-order valence-corrected chi connectivity index (χ1v) is 6.05. The van der Waals surface area contributed by atoms with E-state index in [9.17, 15) is 18.0 Å². The Kier molecular flexibility index (Phi) is 4.12. The van der Waals surface area contributed by atoms with Crippen LogP contribution in [0.15, 0.2) is 54.6 Å². The van der Waals surface area contributed by atoms with E-state index in [1.165, 1.54) is 48.6 Å². The fourth-order valence-electron chi connectivity index (χ4n) is 1.71. The first-order chi connectivity index (χ1) is 9.86. The quantitative estimate of drug-likeness (QED) is 0.676. The molecule has 0 unspecified atom stereocenters. The van der Waals surface area contributed by atoms with E-state index in [1.807, 2.05) is 0 Å². The first kappa shape index (κ1) is 14.8. The van der Waals surface area contributed by atoms with Crippen molar-refractivity contribution in [1.29, 1.82) is 0 Å². The molecule has 0 heterocycles. The van der Waals surface area contributed by atoms with E-state index in [4.69, 9.17) is 5.11 Å². The molecule has 0 spiro atoms. The highest BCUT2D eigenvalue weighted by Gasteiger charge is 2.30. The summed E-state index contributed by atoms with van der Waals surface area (Å²) in [5.74, 6) is -0.319. The van der Waals surface area contributed by atoms with Crippen molar-refractivity contribution in [1.82, 2.24) is 0 Å². The second-order valence-electron chi connectivity index (χ2n) is 4.37. The van der Waals surface area contributed by atoms with Crippen molar-refractivity contribution in [2.24, 2.45) is 0 Å². The van der Waals surface area contributed by atoms with Gasteiger partial charge >= 0.3 is 6.18 Å². The molecule has 0 aliphatic heterocycles. The van der Waals surface area contributed by atoms with Gasteiger partial charge in [0.15, 0.2) is 5.78 Å². The number of phenols is 1. The zero-order valence-corrected chi connectivity index (χ0v) is 10.8. The highest BCUT2D eigenvalue weighted by atomic mass is 19.4. The molecule has 1 N–H and O–H groups in total. The van der Waals surface area contributed by atoms with Crippen molar-refractivity contribution in [2.45, 2.75) is 6.18 Å². The van der Waals surface area contributed by atoms with Crippen LogP contribution in [-0.2, 0) is 6.18 Å². The average Bonchev–Trinajstić information content (AvgIpc) is 2.45. The van der Waals surface area contributed by atoms with Crippen molar-refractivity contribution >= 4 is 11.9 Å². The van der Waals surface area contributed by atoms with Gasteiger partial charge in [-0.3, -0.25) is 4.79 Å². The van der Waals surface area contributed by atoms with Gasteiger partial charge in [0.25, 0.3) is 0 Å². The second kappa shape index (κ2) is 5.83. The summed E-state index contributed by atoms with van der Waals surface area (Å²) in [4.78, 5) is 11.8. The third-order valence-electron chi connectivity index (χ3n) is 2.79. The molecule has 0 aliphatic rings.